The van der Waals surface area contributed by atoms with Crippen LogP contribution in [0, 0.1) is 0 Å². The molecule has 2 amide bonds. The third kappa shape index (κ3) is 4.70. The molecule has 1 fully saturated rings. The maximum Gasteiger partial charge on any atom is 0.234 e. The van der Waals surface area contributed by atoms with Gasteiger partial charge in [-0.15, -0.1) is 0 Å². The minimum absolute atomic E-state index is 0.0812. The topological polar surface area (TPSA) is 101 Å². The summed E-state index contributed by atoms with van der Waals surface area (Å²) < 4.78 is 0. The van der Waals surface area contributed by atoms with Crippen LogP contribution in [-0.4, -0.2) is 35.8 Å². The highest BCUT2D eigenvalue weighted by molar-refractivity contribution is 5.80. The van der Waals surface area contributed by atoms with Crippen molar-refractivity contribution in [3.63, 3.8) is 0 Å². The van der Waals surface area contributed by atoms with Gasteiger partial charge in [-0.3, -0.25) is 19.9 Å². The number of hydrogen-bond acceptors (Lipinski definition) is 4. The molecule has 0 saturated carbocycles. The predicted octanol–water partition coefficient (Wildman–Crippen LogP) is -0.514. The van der Waals surface area contributed by atoms with Crippen LogP contribution in [0.5, 0.6) is 0 Å². The van der Waals surface area contributed by atoms with Gasteiger partial charge in [0, 0.05) is 6.42 Å². The molecule has 0 spiro atoms. The molecule has 1 rings (SSSR count). The van der Waals surface area contributed by atoms with Gasteiger partial charge in [0.15, 0.2) is 0 Å². The van der Waals surface area contributed by atoms with Crippen molar-refractivity contribution in [2.75, 3.05) is 13.1 Å². The molecule has 0 aromatic carbocycles. The highest BCUT2D eigenvalue weighted by Crippen LogP contribution is 2.17. The third-order valence-corrected chi connectivity index (χ3v) is 3.20. The molecule has 98 valence electrons. The van der Waals surface area contributed by atoms with Crippen LogP contribution in [0.15, 0.2) is 0 Å². The van der Waals surface area contributed by atoms with Gasteiger partial charge in [0.2, 0.25) is 11.8 Å². The Kier molecular flexibility index (Phi) is 5.93. The van der Waals surface area contributed by atoms with Gasteiger partial charge in [0.1, 0.15) is 0 Å². The van der Waals surface area contributed by atoms with E-state index >= 15 is 0 Å². The van der Waals surface area contributed by atoms with E-state index in [0.717, 1.165) is 45.2 Å². The molecule has 0 bridgehead atoms. The quantitative estimate of drug-likeness (QED) is 0.242. The lowest BCUT2D eigenvalue weighted by Gasteiger charge is -2.21. The minimum Gasteiger partial charge on any atom is -0.368 e. The molecule has 0 aliphatic carbocycles. The van der Waals surface area contributed by atoms with Crippen molar-refractivity contribution in [3.8, 4) is 0 Å². The monoisotopic (exact) mass is 242 g/mol. The standard InChI is InChI=1S/C11H22N4O2/c12-11(17)9-5-4-8-15(9)7-3-1-2-6-10(16)14-13/h9H,1-8,13H2,(H2,12,17)(H,14,16). The van der Waals surface area contributed by atoms with Crippen LogP contribution in [0.1, 0.15) is 38.5 Å². The maximum atomic E-state index is 11.1. The van der Waals surface area contributed by atoms with Crippen molar-refractivity contribution in [2.45, 2.75) is 44.6 Å². The molecular weight excluding hydrogens is 220 g/mol. The van der Waals surface area contributed by atoms with E-state index in [-0.39, 0.29) is 17.9 Å². The number of primary amides is 1. The molecule has 6 heteroatoms. The van der Waals surface area contributed by atoms with Crippen LogP contribution in [0.3, 0.4) is 0 Å². The Morgan fingerprint density at radius 2 is 2.06 bits per heavy atom. The smallest absolute Gasteiger partial charge is 0.234 e. The van der Waals surface area contributed by atoms with Crippen molar-refractivity contribution >= 4 is 11.8 Å². The number of nitrogens with two attached hydrogens (primary N) is 2. The van der Waals surface area contributed by atoms with Crippen molar-refractivity contribution in [3.05, 3.63) is 0 Å². The first-order valence-electron chi connectivity index (χ1n) is 6.18. The van der Waals surface area contributed by atoms with Gasteiger partial charge in [-0.05, 0) is 38.8 Å². The molecule has 1 aliphatic heterocycles. The van der Waals surface area contributed by atoms with Crippen LogP contribution >= 0.6 is 0 Å². The van der Waals surface area contributed by atoms with Gasteiger partial charge in [-0.2, -0.15) is 0 Å². The normalized spacial score (nSPS) is 20.4. The van der Waals surface area contributed by atoms with Gasteiger partial charge in [0.25, 0.3) is 0 Å². The summed E-state index contributed by atoms with van der Waals surface area (Å²) in [7, 11) is 0. The number of nitrogens with one attached hydrogen (secondary N) is 1. The van der Waals surface area contributed by atoms with E-state index in [0.29, 0.717) is 6.42 Å². The molecule has 0 aromatic heterocycles. The predicted molar refractivity (Wildman–Crippen MR) is 64.6 cm³/mol. The molecule has 5 N–H and O–H groups in total. The number of rotatable bonds is 7. The van der Waals surface area contributed by atoms with E-state index in [1.807, 2.05) is 0 Å². The van der Waals surface area contributed by atoms with Gasteiger partial charge in [0.05, 0.1) is 6.04 Å². The van der Waals surface area contributed by atoms with Crippen LogP contribution < -0.4 is 17.0 Å². The number of likely N-dealkylation sites (tertiary alicyclic amines) is 1. The molecule has 1 heterocycles. The van der Waals surface area contributed by atoms with Crippen molar-refractivity contribution in [2.24, 2.45) is 11.6 Å². The fourth-order valence-electron chi connectivity index (χ4n) is 2.27. The number of unbranched alkanes of at least 4 members (excludes halogenated alkanes) is 2. The minimum atomic E-state index is -0.218. The number of carbonyl (C=O) groups excluding carboxylic acids is 2. The Labute approximate surface area is 102 Å². The van der Waals surface area contributed by atoms with E-state index < -0.39 is 0 Å². The van der Waals surface area contributed by atoms with Crippen molar-refractivity contribution in [1.29, 1.82) is 0 Å². The van der Waals surface area contributed by atoms with Crippen molar-refractivity contribution < 1.29 is 9.59 Å². The summed E-state index contributed by atoms with van der Waals surface area (Å²) in [6.45, 7) is 1.84. The van der Waals surface area contributed by atoms with E-state index in [1.54, 1.807) is 0 Å². The number of hydrogen-bond donors (Lipinski definition) is 3. The molecular formula is C11H22N4O2. The van der Waals surface area contributed by atoms with E-state index in [1.165, 1.54) is 0 Å². The first kappa shape index (κ1) is 13.9. The van der Waals surface area contributed by atoms with E-state index in [4.69, 9.17) is 11.6 Å². The first-order valence-corrected chi connectivity index (χ1v) is 6.18. The molecule has 6 nitrogen and oxygen atoms in total. The van der Waals surface area contributed by atoms with Gasteiger partial charge < -0.3 is 5.73 Å². The molecule has 1 aliphatic rings. The second kappa shape index (κ2) is 7.24. The summed E-state index contributed by atoms with van der Waals surface area (Å²) in [4.78, 5) is 24.2. The molecule has 1 unspecified atom stereocenters. The Balaban J connectivity index is 2.10. The summed E-state index contributed by atoms with van der Waals surface area (Å²) in [5.41, 5.74) is 7.44. The highest BCUT2D eigenvalue weighted by Gasteiger charge is 2.27. The summed E-state index contributed by atoms with van der Waals surface area (Å²) in [5, 5.41) is 0. The number of amides is 2. The Morgan fingerprint density at radius 3 is 2.71 bits per heavy atom. The average molecular weight is 242 g/mol. The van der Waals surface area contributed by atoms with Crippen LogP contribution in [0.4, 0.5) is 0 Å². The van der Waals surface area contributed by atoms with E-state index in [9.17, 15) is 9.59 Å². The van der Waals surface area contributed by atoms with Gasteiger partial charge in [-0.1, -0.05) is 6.42 Å². The SMILES string of the molecule is NNC(=O)CCCCCN1CCCC1C(N)=O. The number of nitrogens with zero attached hydrogens (tertiary/aromatic N) is 1. The zero-order chi connectivity index (χ0) is 12.7. The average Bonchev–Trinajstić information content (AvgIpc) is 2.76. The summed E-state index contributed by atoms with van der Waals surface area (Å²) in [5.74, 6) is 4.64. The lowest BCUT2D eigenvalue weighted by atomic mass is 10.1. The summed E-state index contributed by atoms with van der Waals surface area (Å²) in [6.07, 6.45) is 5.18. The summed E-state index contributed by atoms with van der Waals surface area (Å²) >= 11 is 0. The zero-order valence-electron chi connectivity index (χ0n) is 10.2. The molecule has 1 atom stereocenters. The van der Waals surface area contributed by atoms with Crippen LogP contribution in [0.25, 0.3) is 0 Å². The second-order valence-corrected chi connectivity index (χ2v) is 4.47. The lowest BCUT2D eigenvalue weighted by molar-refractivity contribution is -0.122. The van der Waals surface area contributed by atoms with E-state index in [2.05, 4.69) is 10.3 Å². The Morgan fingerprint density at radius 1 is 1.29 bits per heavy atom. The lowest BCUT2D eigenvalue weighted by Crippen LogP contribution is -2.40. The van der Waals surface area contributed by atoms with Gasteiger partial charge >= 0.3 is 0 Å². The van der Waals surface area contributed by atoms with Crippen LogP contribution in [-0.2, 0) is 9.59 Å². The Hall–Kier alpha value is -1.14. The number of hydrazine groups is 1. The third-order valence-electron chi connectivity index (χ3n) is 3.20. The zero-order valence-corrected chi connectivity index (χ0v) is 10.2. The highest BCUT2D eigenvalue weighted by atomic mass is 16.2. The second-order valence-electron chi connectivity index (χ2n) is 4.47. The number of carbonyl (C=O) groups is 2. The summed E-state index contributed by atoms with van der Waals surface area (Å²) in [6, 6.07) is -0.0812. The largest absolute Gasteiger partial charge is 0.368 e. The van der Waals surface area contributed by atoms with Crippen LogP contribution in [0.2, 0.25) is 0 Å². The van der Waals surface area contributed by atoms with Gasteiger partial charge in [-0.25, -0.2) is 5.84 Å². The first-order chi connectivity index (χ1) is 8.15. The molecule has 0 radical (unpaired) electrons. The molecule has 0 aromatic rings. The molecule has 1 saturated heterocycles. The molecule has 17 heavy (non-hydrogen) atoms. The fraction of sp³-hybridized carbons (Fsp3) is 0.818. The maximum absolute atomic E-state index is 11.1. The van der Waals surface area contributed by atoms with Crippen molar-refractivity contribution in [1.82, 2.24) is 10.3 Å². The fourth-order valence-corrected chi connectivity index (χ4v) is 2.27. The Bertz CT molecular complexity index is 270.